The highest BCUT2D eigenvalue weighted by Gasteiger charge is 2.31. The van der Waals surface area contributed by atoms with E-state index in [1.54, 1.807) is 12.1 Å². The van der Waals surface area contributed by atoms with Gasteiger partial charge in [0, 0.05) is 0 Å². The van der Waals surface area contributed by atoms with E-state index < -0.39 is 12.4 Å². The van der Waals surface area contributed by atoms with Crippen molar-refractivity contribution in [3.05, 3.63) is 59.7 Å². The summed E-state index contributed by atoms with van der Waals surface area (Å²) in [6.45, 7) is 0. The van der Waals surface area contributed by atoms with E-state index in [2.05, 4.69) is 4.74 Å². The average Bonchev–Trinajstić information content (AvgIpc) is 2.38. The van der Waals surface area contributed by atoms with Gasteiger partial charge in [0.15, 0.2) is 0 Å². The molecular formula is C14H12F3NO2. The van der Waals surface area contributed by atoms with E-state index >= 15 is 0 Å². The van der Waals surface area contributed by atoms with Gasteiger partial charge in [0.25, 0.3) is 0 Å². The molecule has 1 atom stereocenters. The Bertz CT molecular complexity index is 564. The van der Waals surface area contributed by atoms with Gasteiger partial charge in [-0.25, -0.2) is 0 Å². The molecule has 0 aliphatic rings. The van der Waals surface area contributed by atoms with Crippen molar-refractivity contribution in [2.24, 2.45) is 5.73 Å². The summed E-state index contributed by atoms with van der Waals surface area (Å²) in [5, 5.41) is 9.19. The molecule has 0 spiro atoms. The third-order valence-electron chi connectivity index (χ3n) is 2.72. The maximum atomic E-state index is 12.0. The lowest BCUT2D eigenvalue weighted by molar-refractivity contribution is -0.274. The van der Waals surface area contributed by atoms with Crippen LogP contribution in [0.2, 0.25) is 0 Å². The maximum Gasteiger partial charge on any atom is 0.573 e. The van der Waals surface area contributed by atoms with Crippen LogP contribution in [-0.2, 0) is 0 Å². The van der Waals surface area contributed by atoms with Gasteiger partial charge in [-0.1, -0.05) is 24.3 Å². The molecule has 2 aromatic rings. The minimum Gasteiger partial charge on any atom is -0.508 e. The minimum absolute atomic E-state index is 0.120. The van der Waals surface area contributed by atoms with E-state index in [0.29, 0.717) is 5.56 Å². The number of phenolic OH excluding ortho intramolecular Hbond substituents is 1. The zero-order valence-electron chi connectivity index (χ0n) is 10.3. The molecule has 0 heterocycles. The Labute approximate surface area is 113 Å². The SMILES string of the molecule is N[C@H](c1ccc(O)cc1)c1ccc(OC(F)(F)F)cc1. The van der Waals surface area contributed by atoms with Gasteiger partial charge in [-0.15, -0.1) is 13.2 Å². The van der Waals surface area contributed by atoms with Gasteiger partial charge in [-0.3, -0.25) is 0 Å². The molecule has 0 fully saturated rings. The molecule has 0 aromatic heterocycles. The van der Waals surface area contributed by atoms with Crippen LogP contribution in [0.3, 0.4) is 0 Å². The lowest BCUT2D eigenvalue weighted by atomic mass is 9.99. The number of halogens is 3. The van der Waals surface area contributed by atoms with E-state index in [1.165, 1.54) is 36.4 Å². The molecule has 0 radical (unpaired) electrons. The standard InChI is InChI=1S/C14H12F3NO2/c15-14(16,17)20-12-7-3-10(4-8-12)13(18)9-1-5-11(19)6-2-9/h1-8,13,19H,18H2/t13-/m1/s1. The molecule has 106 valence electrons. The Balaban J connectivity index is 2.15. The monoisotopic (exact) mass is 283 g/mol. The molecule has 0 saturated carbocycles. The summed E-state index contributed by atoms with van der Waals surface area (Å²) in [5.74, 6) is -0.172. The smallest absolute Gasteiger partial charge is 0.508 e. The van der Waals surface area contributed by atoms with Crippen molar-refractivity contribution in [2.45, 2.75) is 12.4 Å². The number of hydrogen-bond donors (Lipinski definition) is 2. The van der Waals surface area contributed by atoms with Gasteiger partial charge in [-0.2, -0.15) is 0 Å². The molecule has 2 aromatic carbocycles. The quantitative estimate of drug-likeness (QED) is 0.908. The van der Waals surface area contributed by atoms with Crippen molar-refractivity contribution in [2.75, 3.05) is 0 Å². The van der Waals surface area contributed by atoms with Crippen molar-refractivity contribution >= 4 is 0 Å². The van der Waals surface area contributed by atoms with Crippen LogP contribution in [0.4, 0.5) is 13.2 Å². The number of aromatic hydroxyl groups is 1. The molecule has 0 unspecified atom stereocenters. The van der Waals surface area contributed by atoms with Crippen molar-refractivity contribution in [1.29, 1.82) is 0 Å². The first-order valence-electron chi connectivity index (χ1n) is 5.75. The number of phenols is 1. The summed E-state index contributed by atoms with van der Waals surface area (Å²) < 4.78 is 39.9. The van der Waals surface area contributed by atoms with Crippen LogP contribution in [0.25, 0.3) is 0 Å². The molecule has 20 heavy (non-hydrogen) atoms. The van der Waals surface area contributed by atoms with Gasteiger partial charge < -0.3 is 15.6 Å². The highest BCUT2D eigenvalue weighted by molar-refractivity contribution is 5.37. The van der Waals surface area contributed by atoms with Crippen molar-refractivity contribution in [3.8, 4) is 11.5 Å². The molecule has 2 rings (SSSR count). The van der Waals surface area contributed by atoms with Crippen LogP contribution < -0.4 is 10.5 Å². The number of ether oxygens (including phenoxy) is 1. The largest absolute Gasteiger partial charge is 0.573 e. The number of benzene rings is 2. The Kier molecular flexibility index (Phi) is 3.85. The molecule has 3 nitrogen and oxygen atoms in total. The zero-order chi connectivity index (χ0) is 14.8. The zero-order valence-corrected chi connectivity index (χ0v) is 10.3. The van der Waals surface area contributed by atoms with Crippen molar-refractivity contribution < 1.29 is 23.0 Å². The lowest BCUT2D eigenvalue weighted by Crippen LogP contribution is -2.17. The summed E-state index contributed by atoms with van der Waals surface area (Å²) in [4.78, 5) is 0. The molecule has 3 N–H and O–H groups in total. The number of nitrogens with two attached hydrogens (primary N) is 1. The summed E-state index contributed by atoms with van der Waals surface area (Å²) in [5.41, 5.74) is 7.39. The average molecular weight is 283 g/mol. The van der Waals surface area contributed by atoms with Crippen LogP contribution in [0.15, 0.2) is 48.5 Å². The van der Waals surface area contributed by atoms with Crippen molar-refractivity contribution in [1.82, 2.24) is 0 Å². The molecule has 0 aliphatic heterocycles. The minimum atomic E-state index is -4.71. The lowest BCUT2D eigenvalue weighted by Gasteiger charge is -2.14. The van der Waals surface area contributed by atoms with Crippen LogP contribution in [0, 0.1) is 0 Å². The van der Waals surface area contributed by atoms with E-state index in [4.69, 9.17) is 5.73 Å². The van der Waals surface area contributed by atoms with E-state index in [1.807, 2.05) is 0 Å². The van der Waals surface area contributed by atoms with Gasteiger partial charge in [-0.05, 0) is 35.4 Å². The third-order valence-corrected chi connectivity index (χ3v) is 2.72. The number of rotatable bonds is 3. The van der Waals surface area contributed by atoms with Crippen molar-refractivity contribution in [3.63, 3.8) is 0 Å². The van der Waals surface area contributed by atoms with E-state index in [0.717, 1.165) is 5.56 Å². The first-order valence-corrected chi connectivity index (χ1v) is 5.75. The first-order chi connectivity index (χ1) is 9.35. The van der Waals surface area contributed by atoms with Gasteiger partial charge in [0.05, 0.1) is 6.04 Å². The van der Waals surface area contributed by atoms with Gasteiger partial charge in [0.2, 0.25) is 0 Å². The highest BCUT2D eigenvalue weighted by atomic mass is 19.4. The normalized spacial score (nSPS) is 13.0. The Morgan fingerprint density at radius 2 is 1.35 bits per heavy atom. The second-order valence-electron chi connectivity index (χ2n) is 4.19. The predicted molar refractivity (Wildman–Crippen MR) is 67.3 cm³/mol. The number of hydrogen-bond acceptors (Lipinski definition) is 3. The first kappa shape index (κ1) is 14.2. The second kappa shape index (κ2) is 5.42. The van der Waals surface area contributed by atoms with Crippen LogP contribution in [0.1, 0.15) is 17.2 Å². The fourth-order valence-corrected chi connectivity index (χ4v) is 1.75. The van der Waals surface area contributed by atoms with E-state index in [9.17, 15) is 18.3 Å². The van der Waals surface area contributed by atoms with Crippen LogP contribution in [-0.4, -0.2) is 11.5 Å². The molecule has 0 saturated heterocycles. The van der Waals surface area contributed by atoms with Crippen LogP contribution in [0.5, 0.6) is 11.5 Å². The second-order valence-corrected chi connectivity index (χ2v) is 4.19. The summed E-state index contributed by atoms with van der Waals surface area (Å²) in [6, 6.07) is 11.2. The topological polar surface area (TPSA) is 55.5 Å². The maximum absolute atomic E-state index is 12.0. The Hall–Kier alpha value is -2.21. The molecule has 0 bridgehead atoms. The Morgan fingerprint density at radius 1 is 0.900 bits per heavy atom. The third kappa shape index (κ3) is 3.64. The summed E-state index contributed by atoms with van der Waals surface area (Å²) >= 11 is 0. The highest BCUT2D eigenvalue weighted by Crippen LogP contribution is 2.26. The predicted octanol–water partition coefficient (Wildman–Crippen LogP) is 3.34. The van der Waals surface area contributed by atoms with Gasteiger partial charge >= 0.3 is 6.36 Å². The fraction of sp³-hybridized carbons (Fsp3) is 0.143. The molecular weight excluding hydrogens is 271 g/mol. The molecule has 0 aliphatic carbocycles. The van der Waals surface area contributed by atoms with Crippen LogP contribution >= 0.6 is 0 Å². The summed E-state index contributed by atoms with van der Waals surface area (Å²) in [7, 11) is 0. The van der Waals surface area contributed by atoms with Gasteiger partial charge in [0.1, 0.15) is 11.5 Å². The Morgan fingerprint density at radius 3 is 1.80 bits per heavy atom. The van der Waals surface area contributed by atoms with E-state index in [-0.39, 0.29) is 11.5 Å². The fourth-order valence-electron chi connectivity index (χ4n) is 1.75. The summed E-state index contributed by atoms with van der Waals surface area (Å²) in [6.07, 6.45) is -4.71. The number of alkyl halides is 3. The molecule has 6 heteroatoms. The molecule has 0 amide bonds.